The summed E-state index contributed by atoms with van der Waals surface area (Å²) in [5.41, 5.74) is 3.90. The molecule has 1 aromatic carbocycles. The lowest BCUT2D eigenvalue weighted by Gasteiger charge is -2.18. The molecular weight excluding hydrogens is 208 g/mol. The molecule has 0 fully saturated rings. The number of benzene rings is 1. The van der Waals surface area contributed by atoms with Gasteiger partial charge >= 0.3 is 0 Å². The zero-order chi connectivity index (χ0) is 12.0. The topological polar surface area (TPSA) is 13.1 Å². The van der Waals surface area contributed by atoms with Crippen LogP contribution < -0.4 is 0 Å². The highest BCUT2D eigenvalue weighted by atomic mass is 16.3. The van der Waals surface area contributed by atoms with Crippen LogP contribution in [0.4, 0.5) is 0 Å². The molecule has 1 heteroatoms. The molecule has 2 aromatic rings. The van der Waals surface area contributed by atoms with Crippen LogP contribution in [0, 0.1) is 0 Å². The lowest BCUT2D eigenvalue weighted by atomic mass is 9.85. The molecule has 0 unspecified atom stereocenters. The lowest BCUT2D eigenvalue weighted by molar-refractivity contribution is 0.551. The summed E-state index contributed by atoms with van der Waals surface area (Å²) in [7, 11) is 0. The maximum atomic E-state index is 6.06. The summed E-state index contributed by atoms with van der Waals surface area (Å²) in [6.07, 6.45) is 6.54. The highest BCUT2D eigenvalue weighted by Gasteiger charge is 2.22. The van der Waals surface area contributed by atoms with Crippen LogP contribution in [0.25, 0.3) is 17.0 Å². The van der Waals surface area contributed by atoms with Crippen LogP contribution >= 0.6 is 0 Å². The molecule has 88 valence electrons. The van der Waals surface area contributed by atoms with Crippen molar-refractivity contribution in [3.63, 3.8) is 0 Å². The van der Waals surface area contributed by atoms with Gasteiger partial charge in [0.2, 0.25) is 0 Å². The third kappa shape index (κ3) is 1.61. The molecule has 0 aliphatic heterocycles. The molecule has 0 saturated carbocycles. The standard InChI is InChI=1S/C16H18O/c1-16(2,3)13-9-6-8-12-11-7-4-5-10-14(11)17-15(12)13/h5-6,8-10H,4,7H2,1-3H3. The van der Waals surface area contributed by atoms with Crippen molar-refractivity contribution >= 4 is 17.0 Å². The van der Waals surface area contributed by atoms with Crippen LogP contribution in [0.5, 0.6) is 0 Å². The Kier molecular flexibility index (Phi) is 2.19. The molecule has 1 nitrogen and oxygen atoms in total. The van der Waals surface area contributed by atoms with E-state index in [0.717, 1.165) is 24.2 Å². The first kappa shape index (κ1) is 10.6. The Bertz CT molecular complexity index is 594. The van der Waals surface area contributed by atoms with Gasteiger partial charge in [0, 0.05) is 16.5 Å². The summed E-state index contributed by atoms with van der Waals surface area (Å²) < 4.78 is 6.06. The molecule has 1 aromatic heterocycles. The van der Waals surface area contributed by atoms with E-state index in [0.29, 0.717) is 0 Å². The largest absolute Gasteiger partial charge is 0.456 e. The van der Waals surface area contributed by atoms with E-state index in [2.05, 4.69) is 51.1 Å². The summed E-state index contributed by atoms with van der Waals surface area (Å²) in [4.78, 5) is 0. The first-order valence-corrected chi connectivity index (χ1v) is 6.29. The van der Waals surface area contributed by atoms with Gasteiger partial charge in [0.25, 0.3) is 0 Å². The summed E-state index contributed by atoms with van der Waals surface area (Å²) in [6.45, 7) is 6.71. The van der Waals surface area contributed by atoms with E-state index < -0.39 is 0 Å². The fraction of sp³-hybridized carbons (Fsp3) is 0.375. The van der Waals surface area contributed by atoms with Crippen molar-refractivity contribution in [2.45, 2.75) is 39.0 Å². The quantitative estimate of drug-likeness (QED) is 0.635. The average Bonchev–Trinajstić information content (AvgIpc) is 2.65. The van der Waals surface area contributed by atoms with Crippen LogP contribution in [-0.4, -0.2) is 0 Å². The highest BCUT2D eigenvalue weighted by molar-refractivity contribution is 5.88. The molecule has 17 heavy (non-hydrogen) atoms. The van der Waals surface area contributed by atoms with Crippen molar-refractivity contribution in [1.82, 2.24) is 0 Å². The van der Waals surface area contributed by atoms with E-state index in [1.165, 1.54) is 16.5 Å². The van der Waals surface area contributed by atoms with Crippen molar-refractivity contribution in [1.29, 1.82) is 0 Å². The number of hydrogen-bond donors (Lipinski definition) is 0. The van der Waals surface area contributed by atoms with Crippen LogP contribution in [0.3, 0.4) is 0 Å². The molecule has 0 bridgehead atoms. The number of allylic oxidation sites excluding steroid dienone is 1. The predicted octanol–water partition coefficient (Wildman–Crippen LogP) is 4.69. The second-order valence-corrected chi connectivity index (χ2v) is 5.82. The van der Waals surface area contributed by atoms with Crippen LogP contribution in [0.1, 0.15) is 44.1 Å². The van der Waals surface area contributed by atoms with E-state index >= 15 is 0 Å². The number of rotatable bonds is 0. The van der Waals surface area contributed by atoms with Gasteiger partial charge in [0.15, 0.2) is 0 Å². The number of aryl methyl sites for hydroxylation is 1. The monoisotopic (exact) mass is 226 g/mol. The van der Waals surface area contributed by atoms with Crippen molar-refractivity contribution in [2.24, 2.45) is 0 Å². The van der Waals surface area contributed by atoms with Crippen LogP contribution in [0.2, 0.25) is 0 Å². The molecule has 1 aliphatic carbocycles. The molecule has 0 atom stereocenters. The zero-order valence-electron chi connectivity index (χ0n) is 10.7. The maximum absolute atomic E-state index is 6.06. The van der Waals surface area contributed by atoms with Crippen LogP contribution in [0.15, 0.2) is 28.7 Å². The van der Waals surface area contributed by atoms with Crippen molar-refractivity contribution in [3.05, 3.63) is 41.2 Å². The highest BCUT2D eigenvalue weighted by Crippen LogP contribution is 2.36. The molecule has 0 amide bonds. The minimum atomic E-state index is 0.129. The summed E-state index contributed by atoms with van der Waals surface area (Å²) in [6, 6.07) is 6.52. The number of furan rings is 1. The number of fused-ring (bicyclic) bond motifs is 3. The summed E-state index contributed by atoms with van der Waals surface area (Å²) in [5.74, 6) is 1.06. The fourth-order valence-corrected chi connectivity index (χ4v) is 2.59. The minimum Gasteiger partial charge on any atom is -0.456 e. The molecular formula is C16H18O. The van der Waals surface area contributed by atoms with E-state index in [4.69, 9.17) is 4.42 Å². The van der Waals surface area contributed by atoms with Gasteiger partial charge in [-0.3, -0.25) is 0 Å². The Hall–Kier alpha value is -1.50. The first-order valence-electron chi connectivity index (χ1n) is 6.29. The van der Waals surface area contributed by atoms with E-state index in [1.54, 1.807) is 0 Å². The van der Waals surface area contributed by atoms with Gasteiger partial charge in [-0.25, -0.2) is 0 Å². The lowest BCUT2D eigenvalue weighted by Crippen LogP contribution is -2.11. The van der Waals surface area contributed by atoms with E-state index in [9.17, 15) is 0 Å². The number of para-hydroxylation sites is 1. The maximum Gasteiger partial charge on any atom is 0.138 e. The first-order chi connectivity index (χ1) is 8.07. The summed E-state index contributed by atoms with van der Waals surface area (Å²) in [5, 5.41) is 1.30. The number of hydrogen-bond acceptors (Lipinski definition) is 1. The second-order valence-electron chi connectivity index (χ2n) is 5.82. The van der Waals surface area contributed by atoms with Gasteiger partial charge < -0.3 is 4.42 Å². The Morgan fingerprint density at radius 1 is 1.18 bits per heavy atom. The third-order valence-electron chi connectivity index (χ3n) is 3.49. The Balaban J connectivity index is 2.34. The second kappa shape index (κ2) is 3.49. The van der Waals surface area contributed by atoms with Gasteiger partial charge in [0.1, 0.15) is 11.3 Å². The van der Waals surface area contributed by atoms with Gasteiger partial charge in [-0.2, -0.15) is 0 Å². The Morgan fingerprint density at radius 3 is 2.76 bits per heavy atom. The normalized spacial score (nSPS) is 15.2. The van der Waals surface area contributed by atoms with E-state index in [-0.39, 0.29) is 5.41 Å². The molecule has 0 spiro atoms. The predicted molar refractivity (Wildman–Crippen MR) is 72.3 cm³/mol. The van der Waals surface area contributed by atoms with Gasteiger partial charge in [-0.15, -0.1) is 0 Å². The van der Waals surface area contributed by atoms with E-state index in [1.807, 2.05) is 0 Å². The SMILES string of the molecule is CC(C)(C)c1cccc2c3c(oc12)C=CCC3. The third-order valence-corrected chi connectivity index (χ3v) is 3.49. The smallest absolute Gasteiger partial charge is 0.138 e. The molecule has 0 saturated heterocycles. The van der Waals surface area contributed by atoms with Gasteiger partial charge in [0.05, 0.1) is 0 Å². The average molecular weight is 226 g/mol. The molecule has 1 heterocycles. The fourth-order valence-electron chi connectivity index (χ4n) is 2.59. The van der Waals surface area contributed by atoms with Gasteiger partial charge in [-0.05, 0) is 24.3 Å². The molecule has 0 radical (unpaired) electrons. The van der Waals surface area contributed by atoms with Gasteiger partial charge in [-0.1, -0.05) is 45.0 Å². The minimum absolute atomic E-state index is 0.129. The van der Waals surface area contributed by atoms with Crippen molar-refractivity contribution in [2.75, 3.05) is 0 Å². The Morgan fingerprint density at radius 2 is 2.00 bits per heavy atom. The molecule has 1 aliphatic rings. The van der Waals surface area contributed by atoms with Crippen molar-refractivity contribution < 1.29 is 4.42 Å². The molecule has 3 rings (SSSR count). The van der Waals surface area contributed by atoms with Crippen LogP contribution in [-0.2, 0) is 11.8 Å². The Labute approximate surface area is 102 Å². The molecule has 0 N–H and O–H groups in total. The van der Waals surface area contributed by atoms with Crippen molar-refractivity contribution in [3.8, 4) is 0 Å². The summed E-state index contributed by atoms with van der Waals surface area (Å²) >= 11 is 0. The zero-order valence-corrected chi connectivity index (χ0v) is 10.7.